The lowest BCUT2D eigenvalue weighted by Gasteiger charge is -2.09. The van der Waals surface area contributed by atoms with Gasteiger partial charge in [-0.3, -0.25) is 14.6 Å². The fourth-order valence-electron chi connectivity index (χ4n) is 2.51. The Morgan fingerprint density at radius 1 is 1.04 bits per heavy atom. The van der Waals surface area contributed by atoms with Crippen molar-refractivity contribution in [3.05, 3.63) is 94.7 Å². The third-order valence-corrected chi connectivity index (χ3v) is 4.02. The molecular formula is C21H21N3O3. The molecule has 2 aromatic heterocycles. The molecule has 6 nitrogen and oxygen atoms in total. The first kappa shape index (κ1) is 18.4. The van der Waals surface area contributed by atoms with Crippen LogP contribution in [0.2, 0.25) is 0 Å². The Balaban J connectivity index is 1.42. The third kappa shape index (κ3) is 5.81. The van der Waals surface area contributed by atoms with E-state index >= 15 is 0 Å². The number of benzene rings is 1. The van der Waals surface area contributed by atoms with Crippen molar-refractivity contribution in [2.75, 3.05) is 0 Å². The number of rotatable bonds is 8. The van der Waals surface area contributed by atoms with Gasteiger partial charge in [0.15, 0.2) is 0 Å². The summed E-state index contributed by atoms with van der Waals surface area (Å²) < 4.78 is 7.23. The van der Waals surface area contributed by atoms with E-state index in [0.717, 1.165) is 16.9 Å². The SMILES string of the molecule is O=C(CCn1ccccc1=O)NCc1ccc(OCc2cccnc2)cc1. The molecule has 0 unspecified atom stereocenters. The number of aromatic nitrogens is 2. The highest BCUT2D eigenvalue weighted by molar-refractivity contribution is 5.75. The van der Waals surface area contributed by atoms with Crippen LogP contribution in [0.4, 0.5) is 0 Å². The average Bonchev–Trinajstić information content (AvgIpc) is 2.71. The number of nitrogens with zero attached hydrogens (tertiary/aromatic N) is 2. The minimum absolute atomic E-state index is 0.0948. The summed E-state index contributed by atoms with van der Waals surface area (Å²) in [5, 5.41) is 2.86. The maximum Gasteiger partial charge on any atom is 0.250 e. The quantitative estimate of drug-likeness (QED) is 0.667. The van der Waals surface area contributed by atoms with Gasteiger partial charge in [-0.05, 0) is 29.8 Å². The van der Waals surface area contributed by atoms with Crippen molar-refractivity contribution in [1.82, 2.24) is 14.9 Å². The Morgan fingerprint density at radius 3 is 2.63 bits per heavy atom. The van der Waals surface area contributed by atoms with Crippen LogP contribution < -0.4 is 15.6 Å². The first-order chi connectivity index (χ1) is 13.2. The summed E-state index contributed by atoms with van der Waals surface area (Å²) in [5.41, 5.74) is 1.88. The molecule has 2 heterocycles. The lowest BCUT2D eigenvalue weighted by molar-refractivity contribution is -0.121. The van der Waals surface area contributed by atoms with E-state index in [0.29, 0.717) is 19.7 Å². The zero-order valence-corrected chi connectivity index (χ0v) is 14.9. The molecule has 0 saturated heterocycles. The number of hydrogen-bond donors (Lipinski definition) is 1. The number of carbonyl (C=O) groups is 1. The average molecular weight is 363 g/mol. The van der Waals surface area contributed by atoms with E-state index in [4.69, 9.17) is 4.74 Å². The van der Waals surface area contributed by atoms with Crippen molar-refractivity contribution in [3.8, 4) is 5.75 Å². The molecule has 0 aliphatic carbocycles. The van der Waals surface area contributed by atoms with Crippen LogP contribution in [0.5, 0.6) is 5.75 Å². The van der Waals surface area contributed by atoms with Gasteiger partial charge in [-0.15, -0.1) is 0 Å². The Kier molecular flexibility index (Phi) is 6.35. The molecule has 6 heteroatoms. The highest BCUT2D eigenvalue weighted by Gasteiger charge is 2.03. The molecule has 1 amide bonds. The largest absolute Gasteiger partial charge is 0.489 e. The van der Waals surface area contributed by atoms with Crippen molar-refractivity contribution < 1.29 is 9.53 Å². The van der Waals surface area contributed by atoms with Crippen LogP contribution in [-0.4, -0.2) is 15.5 Å². The predicted molar refractivity (Wildman–Crippen MR) is 102 cm³/mol. The highest BCUT2D eigenvalue weighted by atomic mass is 16.5. The maximum absolute atomic E-state index is 12.0. The number of amides is 1. The lowest BCUT2D eigenvalue weighted by atomic mass is 10.2. The predicted octanol–water partition coefficient (Wildman–Crippen LogP) is 2.53. The summed E-state index contributed by atoms with van der Waals surface area (Å²) in [6.07, 6.45) is 5.44. The van der Waals surface area contributed by atoms with E-state index in [1.165, 1.54) is 10.6 Å². The van der Waals surface area contributed by atoms with E-state index in [2.05, 4.69) is 10.3 Å². The molecule has 0 atom stereocenters. The molecular weight excluding hydrogens is 342 g/mol. The topological polar surface area (TPSA) is 73.2 Å². The molecule has 0 aliphatic rings. The summed E-state index contributed by atoms with van der Waals surface area (Å²) in [7, 11) is 0. The molecule has 0 saturated carbocycles. The molecule has 3 aromatic rings. The van der Waals surface area contributed by atoms with Crippen molar-refractivity contribution in [1.29, 1.82) is 0 Å². The zero-order chi connectivity index (χ0) is 18.9. The Hall–Kier alpha value is -3.41. The second kappa shape index (κ2) is 9.33. The standard InChI is InChI=1S/C21H21N3O3/c25-20(10-13-24-12-2-1-5-21(24)26)23-15-17-6-8-19(9-7-17)27-16-18-4-3-11-22-14-18/h1-9,11-12,14H,10,13,15-16H2,(H,23,25). The van der Waals surface area contributed by atoms with E-state index in [1.54, 1.807) is 30.7 Å². The Labute approximate surface area is 157 Å². The highest BCUT2D eigenvalue weighted by Crippen LogP contribution is 2.14. The fraction of sp³-hybridized carbons (Fsp3) is 0.190. The van der Waals surface area contributed by atoms with Crippen LogP contribution >= 0.6 is 0 Å². The molecule has 1 N–H and O–H groups in total. The van der Waals surface area contributed by atoms with Crippen LogP contribution in [0, 0.1) is 0 Å². The van der Waals surface area contributed by atoms with Crippen molar-refractivity contribution >= 4 is 5.91 Å². The molecule has 0 aliphatic heterocycles. The van der Waals surface area contributed by atoms with Gasteiger partial charge in [0.2, 0.25) is 5.91 Å². The molecule has 0 spiro atoms. The minimum Gasteiger partial charge on any atom is -0.489 e. The van der Waals surface area contributed by atoms with Gasteiger partial charge in [0.25, 0.3) is 5.56 Å². The molecule has 3 rings (SSSR count). The van der Waals surface area contributed by atoms with Gasteiger partial charge in [-0.1, -0.05) is 24.3 Å². The monoisotopic (exact) mass is 363 g/mol. The van der Waals surface area contributed by atoms with Crippen LogP contribution in [0.1, 0.15) is 17.5 Å². The molecule has 1 aromatic carbocycles. The van der Waals surface area contributed by atoms with E-state index in [-0.39, 0.29) is 17.9 Å². The Morgan fingerprint density at radius 2 is 1.89 bits per heavy atom. The number of hydrogen-bond acceptors (Lipinski definition) is 4. The van der Waals surface area contributed by atoms with Crippen molar-refractivity contribution in [2.24, 2.45) is 0 Å². The summed E-state index contributed by atoms with van der Waals surface area (Å²) >= 11 is 0. The molecule has 0 bridgehead atoms. The smallest absolute Gasteiger partial charge is 0.250 e. The third-order valence-electron chi connectivity index (χ3n) is 4.02. The molecule has 0 fully saturated rings. The second-order valence-corrected chi connectivity index (χ2v) is 6.05. The van der Waals surface area contributed by atoms with Gasteiger partial charge in [0.1, 0.15) is 12.4 Å². The summed E-state index contributed by atoms with van der Waals surface area (Å²) in [4.78, 5) is 27.6. The van der Waals surface area contributed by atoms with Crippen LogP contribution in [0.25, 0.3) is 0 Å². The first-order valence-electron chi connectivity index (χ1n) is 8.73. The summed E-state index contributed by atoms with van der Waals surface area (Å²) in [6, 6.07) is 16.4. The van der Waals surface area contributed by atoms with Crippen molar-refractivity contribution in [2.45, 2.75) is 26.1 Å². The van der Waals surface area contributed by atoms with Crippen LogP contribution in [0.15, 0.2) is 78.0 Å². The van der Waals surface area contributed by atoms with Gasteiger partial charge in [0, 0.05) is 49.7 Å². The number of ether oxygens (including phenoxy) is 1. The fourth-order valence-corrected chi connectivity index (χ4v) is 2.51. The molecule has 0 radical (unpaired) electrons. The van der Waals surface area contributed by atoms with E-state index < -0.39 is 0 Å². The number of pyridine rings is 2. The van der Waals surface area contributed by atoms with Gasteiger partial charge < -0.3 is 14.6 Å². The van der Waals surface area contributed by atoms with Gasteiger partial charge in [0.05, 0.1) is 0 Å². The lowest BCUT2D eigenvalue weighted by Crippen LogP contribution is -2.26. The number of carbonyl (C=O) groups excluding carboxylic acids is 1. The normalized spacial score (nSPS) is 10.4. The number of aryl methyl sites for hydroxylation is 1. The first-order valence-corrected chi connectivity index (χ1v) is 8.73. The maximum atomic E-state index is 12.0. The molecule has 27 heavy (non-hydrogen) atoms. The van der Waals surface area contributed by atoms with Crippen LogP contribution in [-0.2, 0) is 24.5 Å². The van der Waals surface area contributed by atoms with E-state index in [9.17, 15) is 9.59 Å². The summed E-state index contributed by atoms with van der Waals surface area (Å²) in [6.45, 7) is 1.26. The second-order valence-electron chi connectivity index (χ2n) is 6.05. The summed E-state index contributed by atoms with van der Waals surface area (Å²) in [5.74, 6) is 0.667. The number of nitrogens with one attached hydrogen (secondary N) is 1. The van der Waals surface area contributed by atoms with Crippen LogP contribution in [0.3, 0.4) is 0 Å². The van der Waals surface area contributed by atoms with Gasteiger partial charge in [-0.25, -0.2) is 0 Å². The minimum atomic E-state index is -0.104. The zero-order valence-electron chi connectivity index (χ0n) is 14.9. The molecule has 138 valence electrons. The van der Waals surface area contributed by atoms with Gasteiger partial charge in [-0.2, -0.15) is 0 Å². The van der Waals surface area contributed by atoms with Crippen molar-refractivity contribution in [3.63, 3.8) is 0 Å². The Bertz CT molecular complexity index is 921. The van der Waals surface area contributed by atoms with Gasteiger partial charge >= 0.3 is 0 Å². The van der Waals surface area contributed by atoms with E-state index in [1.807, 2.05) is 36.4 Å².